The third-order valence-electron chi connectivity index (χ3n) is 5.27. The Labute approximate surface area is 212 Å². The number of benzene rings is 2. The summed E-state index contributed by atoms with van der Waals surface area (Å²) in [6.45, 7) is 2.51. The van der Waals surface area contributed by atoms with Crippen molar-refractivity contribution < 1.29 is 14.3 Å². The van der Waals surface area contributed by atoms with Crippen LogP contribution in [0.2, 0.25) is 0 Å². The summed E-state index contributed by atoms with van der Waals surface area (Å²) in [4.78, 5) is 17.9. The summed E-state index contributed by atoms with van der Waals surface area (Å²) >= 11 is 2.91. The van der Waals surface area contributed by atoms with Crippen LogP contribution in [0, 0.1) is 6.92 Å². The molecule has 0 aliphatic rings. The van der Waals surface area contributed by atoms with E-state index in [1.165, 1.54) is 11.8 Å². The highest BCUT2D eigenvalue weighted by Crippen LogP contribution is 2.38. The van der Waals surface area contributed by atoms with Crippen molar-refractivity contribution in [3.05, 3.63) is 71.9 Å². The van der Waals surface area contributed by atoms with Gasteiger partial charge in [-0.3, -0.25) is 4.79 Å². The maximum absolute atomic E-state index is 12.3. The number of hydrogen-bond acceptors (Lipinski definition) is 8. The number of ether oxygens (including phenoxy) is 2. The molecule has 0 saturated heterocycles. The van der Waals surface area contributed by atoms with Crippen molar-refractivity contribution in [1.29, 1.82) is 0 Å². The van der Waals surface area contributed by atoms with Gasteiger partial charge in [0, 0.05) is 6.54 Å². The van der Waals surface area contributed by atoms with Gasteiger partial charge in [0.25, 0.3) is 0 Å². The Morgan fingerprint density at radius 2 is 1.71 bits per heavy atom. The Morgan fingerprint density at radius 3 is 2.46 bits per heavy atom. The first kappa shape index (κ1) is 24.7. The molecule has 2 heterocycles. The Balaban J connectivity index is 1.32. The van der Waals surface area contributed by atoms with Crippen LogP contribution in [0.25, 0.3) is 21.1 Å². The molecule has 0 bridgehead atoms. The normalized spacial score (nSPS) is 10.7. The fourth-order valence-electron chi connectivity index (χ4n) is 3.53. The fraction of sp³-hybridized carbons (Fsp3) is 0.231. The Morgan fingerprint density at radius 1 is 0.971 bits per heavy atom. The number of aryl methyl sites for hydroxylation is 1. The molecule has 7 nitrogen and oxygen atoms in total. The molecule has 0 aliphatic heterocycles. The lowest BCUT2D eigenvalue weighted by Crippen LogP contribution is -2.27. The third kappa shape index (κ3) is 6.17. The van der Waals surface area contributed by atoms with E-state index in [4.69, 9.17) is 14.5 Å². The van der Waals surface area contributed by atoms with Crippen molar-refractivity contribution in [1.82, 2.24) is 20.5 Å². The van der Waals surface area contributed by atoms with E-state index >= 15 is 0 Å². The summed E-state index contributed by atoms with van der Waals surface area (Å²) in [6.07, 6.45) is 0.708. The number of rotatable bonds is 10. The molecule has 0 atom stereocenters. The van der Waals surface area contributed by atoms with Crippen molar-refractivity contribution in [2.75, 3.05) is 26.5 Å². The van der Waals surface area contributed by atoms with Gasteiger partial charge in [0.15, 0.2) is 0 Å². The maximum atomic E-state index is 12.3. The summed E-state index contributed by atoms with van der Waals surface area (Å²) in [5.41, 5.74) is 3.66. The molecule has 180 valence electrons. The molecular weight excluding hydrogens is 480 g/mol. The van der Waals surface area contributed by atoms with Crippen molar-refractivity contribution in [2.24, 2.45) is 0 Å². The summed E-state index contributed by atoms with van der Waals surface area (Å²) < 4.78 is 10.8. The number of amides is 1. The monoisotopic (exact) mass is 506 g/mol. The van der Waals surface area contributed by atoms with Crippen molar-refractivity contribution in [3.63, 3.8) is 0 Å². The minimum absolute atomic E-state index is 0.0458. The molecule has 1 amide bonds. The van der Waals surface area contributed by atoms with Gasteiger partial charge in [-0.05, 0) is 49.2 Å². The van der Waals surface area contributed by atoms with Crippen LogP contribution in [0.15, 0.2) is 65.7 Å². The molecule has 2 aromatic heterocycles. The number of aromatic nitrogens is 3. The zero-order valence-corrected chi connectivity index (χ0v) is 21.4. The molecule has 0 fully saturated rings. The highest BCUT2D eigenvalue weighted by molar-refractivity contribution is 7.99. The van der Waals surface area contributed by atoms with E-state index in [9.17, 15) is 4.79 Å². The summed E-state index contributed by atoms with van der Waals surface area (Å²) in [5, 5.41) is 13.2. The zero-order chi connectivity index (χ0) is 24.6. The number of nitrogens with one attached hydrogen (secondary N) is 1. The molecule has 4 rings (SSSR count). The maximum Gasteiger partial charge on any atom is 0.230 e. The summed E-state index contributed by atoms with van der Waals surface area (Å²) in [6, 6.07) is 19.4. The van der Waals surface area contributed by atoms with Gasteiger partial charge < -0.3 is 14.8 Å². The summed E-state index contributed by atoms with van der Waals surface area (Å²) in [7, 11) is 3.30. The van der Waals surface area contributed by atoms with Crippen molar-refractivity contribution >= 4 is 29.0 Å². The first-order valence-corrected chi connectivity index (χ1v) is 12.9. The fourth-order valence-corrected chi connectivity index (χ4v) is 5.23. The molecule has 0 spiro atoms. The van der Waals surface area contributed by atoms with E-state index in [0.717, 1.165) is 43.9 Å². The van der Waals surface area contributed by atoms with Crippen molar-refractivity contribution in [2.45, 2.75) is 18.4 Å². The number of para-hydroxylation sites is 2. The van der Waals surface area contributed by atoms with Crippen LogP contribution in [-0.2, 0) is 11.2 Å². The van der Waals surface area contributed by atoms with Gasteiger partial charge in [-0.2, -0.15) is 0 Å². The average molecular weight is 507 g/mol. The van der Waals surface area contributed by atoms with Crippen LogP contribution in [0.5, 0.6) is 11.5 Å². The van der Waals surface area contributed by atoms with Crippen LogP contribution in [0.3, 0.4) is 0 Å². The van der Waals surface area contributed by atoms with Crippen LogP contribution < -0.4 is 14.8 Å². The minimum atomic E-state index is -0.0458. The SMILES string of the molecule is COc1ccccc1CCNC(=O)CSc1ccc(-c2sc(-c3ccccc3OC)nc2C)nn1. The summed E-state index contributed by atoms with van der Waals surface area (Å²) in [5.74, 6) is 1.84. The lowest BCUT2D eigenvalue weighted by atomic mass is 10.1. The number of thiazole rings is 1. The van der Waals surface area contributed by atoms with Gasteiger partial charge in [0.1, 0.15) is 27.2 Å². The predicted octanol–water partition coefficient (Wildman–Crippen LogP) is 5.04. The number of hydrogen-bond donors (Lipinski definition) is 1. The molecule has 0 aliphatic carbocycles. The van der Waals surface area contributed by atoms with Gasteiger partial charge in [-0.1, -0.05) is 42.1 Å². The molecular formula is C26H26N4O3S2. The van der Waals surface area contributed by atoms with Gasteiger partial charge in [0.2, 0.25) is 5.91 Å². The second-order valence-electron chi connectivity index (χ2n) is 7.59. The van der Waals surface area contributed by atoms with E-state index in [0.29, 0.717) is 18.0 Å². The quantitative estimate of drug-likeness (QED) is 0.302. The van der Waals surface area contributed by atoms with Gasteiger partial charge in [0.05, 0.1) is 36.1 Å². The highest BCUT2D eigenvalue weighted by atomic mass is 32.2. The molecule has 35 heavy (non-hydrogen) atoms. The first-order chi connectivity index (χ1) is 17.1. The van der Waals surface area contributed by atoms with Crippen LogP contribution in [0.1, 0.15) is 11.3 Å². The third-order valence-corrected chi connectivity index (χ3v) is 7.40. The van der Waals surface area contributed by atoms with Crippen LogP contribution in [-0.4, -0.2) is 47.6 Å². The lowest BCUT2D eigenvalue weighted by Gasteiger charge is -2.09. The highest BCUT2D eigenvalue weighted by Gasteiger charge is 2.16. The number of nitrogens with zero attached hydrogens (tertiary/aromatic N) is 3. The average Bonchev–Trinajstić information content (AvgIpc) is 3.29. The van der Waals surface area contributed by atoms with E-state index in [-0.39, 0.29) is 11.7 Å². The number of methoxy groups -OCH3 is 2. The molecule has 0 unspecified atom stereocenters. The molecule has 2 aromatic carbocycles. The van der Waals surface area contributed by atoms with Crippen LogP contribution >= 0.6 is 23.1 Å². The Bertz CT molecular complexity index is 1290. The molecule has 0 radical (unpaired) electrons. The van der Waals surface area contributed by atoms with Crippen molar-refractivity contribution in [3.8, 4) is 32.6 Å². The number of carbonyl (C=O) groups excluding carboxylic acids is 1. The largest absolute Gasteiger partial charge is 0.496 e. The van der Waals surface area contributed by atoms with Crippen LogP contribution in [0.4, 0.5) is 0 Å². The molecule has 0 saturated carbocycles. The smallest absolute Gasteiger partial charge is 0.230 e. The predicted molar refractivity (Wildman–Crippen MR) is 140 cm³/mol. The Kier molecular flexibility index (Phi) is 8.33. The molecule has 1 N–H and O–H groups in total. The standard InChI is InChI=1S/C26H26N4O3S2/c1-17-25(35-26(28-17)19-9-5-7-11-22(19)33-3)20-12-13-24(30-29-20)34-16-23(31)27-15-14-18-8-4-6-10-21(18)32-2/h4-13H,14-16H2,1-3H3,(H,27,31). The van der Waals surface area contributed by atoms with Gasteiger partial charge >= 0.3 is 0 Å². The Hall–Kier alpha value is -3.43. The van der Waals surface area contributed by atoms with E-state index < -0.39 is 0 Å². The minimum Gasteiger partial charge on any atom is -0.496 e. The molecule has 9 heteroatoms. The first-order valence-electron chi connectivity index (χ1n) is 11.1. The van der Waals surface area contributed by atoms with E-state index in [1.54, 1.807) is 25.6 Å². The molecule has 4 aromatic rings. The second-order valence-corrected chi connectivity index (χ2v) is 9.59. The van der Waals surface area contributed by atoms with Gasteiger partial charge in [-0.25, -0.2) is 4.98 Å². The lowest BCUT2D eigenvalue weighted by molar-refractivity contribution is -0.118. The van der Waals surface area contributed by atoms with Gasteiger partial charge in [-0.15, -0.1) is 21.5 Å². The second kappa shape index (κ2) is 11.8. The number of carbonyl (C=O) groups is 1. The zero-order valence-electron chi connectivity index (χ0n) is 19.8. The number of thioether (sulfide) groups is 1. The van der Waals surface area contributed by atoms with E-state index in [1.807, 2.05) is 67.6 Å². The van der Waals surface area contributed by atoms with E-state index in [2.05, 4.69) is 15.5 Å². The topological polar surface area (TPSA) is 86.2 Å².